The van der Waals surface area contributed by atoms with Crippen molar-refractivity contribution < 1.29 is 4.39 Å². The fourth-order valence-corrected chi connectivity index (χ4v) is 2.56. The van der Waals surface area contributed by atoms with Crippen molar-refractivity contribution in [2.24, 2.45) is 0 Å². The van der Waals surface area contributed by atoms with E-state index in [4.69, 9.17) is 5.73 Å². The van der Waals surface area contributed by atoms with Gasteiger partial charge in [0.25, 0.3) is 0 Å². The highest BCUT2D eigenvalue weighted by atomic mass is 19.1. The van der Waals surface area contributed by atoms with Crippen LogP contribution in [0.15, 0.2) is 18.2 Å². The van der Waals surface area contributed by atoms with Crippen molar-refractivity contribution in [3.05, 3.63) is 24.0 Å². The average Bonchev–Trinajstić information content (AvgIpc) is 2.53. The van der Waals surface area contributed by atoms with E-state index in [1.165, 1.54) is 12.5 Å². The number of rotatable bonds is 1. The number of fused-ring (bicyclic) bond motifs is 1. The SMILES string of the molecule is CC1(n2c(N)nc3c(F)cccc32)CCC1. The minimum atomic E-state index is -0.300. The van der Waals surface area contributed by atoms with Crippen LogP contribution in [0.4, 0.5) is 10.3 Å². The molecule has 0 saturated heterocycles. The highest BCUT2D eigenvalue weighted by molar-refractivity contribution is 5.79. The lowest BCUT2D eigenvalue weighted by Crippen LogP contribution is -2.37. The van der Waals surface area contributed by atoms with E-state index < -0.39 is 0 Å². The van der Waals surface area contributed by atoms with Gasteiger partial charge >= 0.3 is 0 Å². The summed E-state index contributed by atoms with van der Waals surface area (Å²) < 4.78 is 15.5. The van der Waals surface area contributed by atoms with Crippen molar-refractivity contribution in [2.45, 2.75) is 31.7 Å². The Morgan fingerprint density at radius 2 is 2.19 bits per heavy atom. The van der Waals surface area contributed by atoms with Crippen LogP contribution in [0.5, 0.6) is 0 Å². The number of hydrogen-bond acceptors (Lipinski definition) is 2. The Hall–Kier alpha value is -1.58. The minimum Gasteiger partial charge on any atom is -0.369 e. The molecule has 1 aromatic heterocycles. The van der Waals surface area contributed by atoms with Gasteiger partial charge in [0.05, 0.1) is 5.52 Å². The maximum absolute atomic E-state index is 13.6. The first kappa shape index (κ1) is 9.63. The van der Waals surface area contributed by atoms with Crippen LogP contribution in [0.3, 0.4) is 0 Å². The Morgan fingerprint density at radius 3 is 2.81 bits per heavy atom. The van der Waals surface area contributed by atoms with Crippen LogP contribution in [0.25, 0.3) is 11.0 Å². The fraction of sp³-hybridized carbons (Fsp3) is 0.417. The predicted molar refractivity (Wildman–Crippen MR) is 61.6 cm³/mol. The molecule has 16 heavy (non-hydrogen) atoms. The van der Waals surface area contributed by atoms with E-state index in [2.05, 4.69) is 11.9 Å². The zero-order valence-electron chi connectivity index (χ0n) is 9.20. The molecule has 84 valence electrons. The molecule has 0 spiro atoms. The Kier molecular flexibility index (Phi) is 1.79. The summed E-state index contributed by atoms with van der Waals surface area (Å²) in [7, 11) is 0. The van der Waals surface area contributed by atoms with Gasteiger partial charge in [0, 0.05) is 5.54 Å². The molecule has 2 aromatic rings. The largest absolute Gasteiger partial charge is 0.369 e. The normalized spacial score (nSPS) is 18.6. The Bertz CT molecular complexity index is 555. The van der Waals surface area contributed by atoms with Gasteiger partial charge in [0.1, 0.15) is 5.52 Å². The fourth-order valence-electron chi connectivity index (χ4n) is 2.56. The number of imidazole rings is 1. The third-order valence-electron chi connectivity index (χ3n) is 3.63. The van der Waals surface area contributed by atoms with Crippen molar-refractivity contribution in [1.82, 2.24) is 9.55 Å². The Labute approximate surface area is 93.1 Å². The number of halogens is 1. The van der Waals surface area contributed by atoms with Gasteiger partial charge in [-0.05, 0) is 38.3 Å². The number of para-hydroxylation sites is 1. The molecule has 0 unspecified atom stereocenters. The van der Waals surface area contributed by atoms with E-state index in [9.17, 15) is 4.39 Å². The number of nitrogens with zero attached hydrogens (tertiary/aromatic N) is 2. The van der Waals surface area contributed by atoms with Crippen molar-refractivity contribution >= 4 is 17.0 Å². The van der Waals surface area contributed by atoms with E-state index >= 15 is 0 Å². The summed E-state index contributed by atoms with van der Waals surface area (Å²) in [6.07, 6.45) is 3.36. The number of hydrogen-bond donors (Lipinski definition) is 1. The van der Waals surface area contributed by atoms with E-state index in [-0.39, 0.29) is 11.4 Å². The Balaban J connectivity index is 2.32. The van der Waals surface area contributed by atoms with Gasteiger partial charge in [-0.25, -0.2) is 9.37 Å². The first-order chi connectivity index (χ1) is 7.62. The highest BCUT2D eigenvalue weighted by Gasteiger charge is 2.36. The lowest BCUT2D eigenvalue weighted by atomic mass is 9.78. The summed E-state index contributed by atoms with van der Waals surface area (Å²) >= 11 is 0. The van der Waals surface area contributed by atoms with Gasteiger partial charge in [-0.3, -0.25) is 0 Å². The van der Waals surface area contributed by atoms with Crippen molar-refractivity contribution in [2.75, 3.05) is 5.73 Å². The van der Waals surface area contributed by atoms with E-state index in [0.29, 0.717) is 11.5 Å². The van der Waals surface area contributed by atoms with Crippen LogP contribution in [0.2, 0.25) is 0 Å². The van der Waals surface area contributed by atoms with Crippen molar-refractivity contribution in [1.29, 1.82) is 0 Å². The molecular formula is C12H14FN3. The molecule has 0 bridgehead atoms. The maximum Gasteiger partial charge on any atom is 0.201 e. The molecule has 1 aromatic carbocycles. The molecule has 3 nitrogen and oxygen atoms in total. The quantitative estimate of drug-likeness (QED) is 0.801. The number of aromatic nitrogens is 2. The first-order valence-corrected chi connectivity index (χ1v) is 5.55. The molecule has 3 rings (SSSR count). The van der Waals surface area contributed by atoms with E-state index in [1.807, 2.05) is 10.6 Å². The summed E-state index contributed by atoms with van der Waals surface area (Å²) in [6, 6.07) is 5.00. The molecule has 1 aliphatic rings. The van der Waals surface area contributed by atoms with Gasteiger partial charge < -0.3 is 10.3 Å². The molecule has 1 aliphatic carbocycles. The zero-order valence-corrected chi connectivity index (χ0v) is 9.20. The summed E-state index contributed by atoms with van der Waals surface area (Å²) in [6.45, 7) is 2.15. The lowest BCUT2D eigenvalue weighted by molar-refractivity contribution is 0.177. The molecule has 4 heteroatoms. The summed E-state index contributed by atoms with van der Waals surface area (Å²) in [4.78, 5) is 4.13. The second kappa shape index (κ2) is 2.97. The highest BCUT2D eigenvalue weighted by Crippen LogP contribution is 2.42. The summed E-state index contributed by atoms with van der Waals surface area (Å²) in [5, 5.41) is 0. The van der Waals surface area contributed by atoms with Crippen molar-refractivity contribution in [3.8, 4) is 0 Å². The monoisotopic (exact) mass is 219 g/mol. The lowest BCUT2D eigenvalue weighted by Gasteiger charge is -2.40. The Morgan fingerprint density at radius 1 is 1.44 bits per heavy atom. The smallest absolute Gasteiger partial charge is 0.201 e. The molecule has 2 N–H and O–H groups in total. The molecule has 0 radical (unpaired) electrons. The number of nitrogens with two attached hydrogens (primary N) is 1. The number of benzene rings is 1. The van der Waals surface area contributed by atoms with E-state index in [1.54, 1.807) is 6.07 Å². The molecular weight excluding hydrogens is 205 g/mol. The van der Waals surface area contributed by atoms with Gasteiger partial charge in [0.2, 0.25) is 5.95 Å². The molecule has 1 saturated carbocycles. The van der Waals surface area contributed by atoms with Crippen LogP contribution in [-0.4, -0.2) is 9.55 Å². The molecule has 1 heterocycles. The molecule has 0 aliphatic heterocycles. The molecule has 1 fully saturated rings. The van der Waals surface area contributed by atoms with Crippen molar-refractivity contribution in [3.63, 3.8) is 0 Å². The van der Waals surface area contributed by atoms with Crippen LogP contribution >= 0.6 is 0 Å². The third-order valence-corrected chi connectivity index (χ3v) is 3.63. The summed E-state index contributed by atoms with van der Waals surface area (Å²) in [5.74, 6) is 0.119. The third kappa shape index (κ3) is 1.10. The predicted octanol–water partition coefficient (Wildman–Crippen LogP) is 2.66. The maximum atomic E-state index is 13.6. The second-order valence-electron chi connectivity index (χ2n) is 4.76. The summed E-state index contributed by atoms with van der Waals surface area (Å²) in [5.41, 5.74) is 7.11. The molecule has 0 atom stereocenters. The minimum absolute atomic E-state index is 0.0205. The standard InChI is InChI=1S/C12H14FN3/c1-12(6-3-7-12)16-9-5-2-4-8(13)10(9)15-11(16)14/h2,4-5H,3,6-7H2,1H3,(H2,14,15). The number of nitrogen functional groups attached to an aromatic ring is 1. The van der Waals surface area contributed by atoms with Crippen LogP contribution in [0.1, 0.15) is 26.2 Å². The van der Waals surface area contributed by atoms with Gasteiger partial charge in [0.15, 0.2) is 5.82 Å². The second-order valence-corrected chi connectivity index (χ2v) is 4.76. The number of anilines is 1. The molecule has 0 amide bonds. The first-order valence-electron chi connectivity index (χ1n) is 5.55. The van der Waals surface area contributed by atoms with E-state index in [0.717, 1.165) is 18.4 Å². The van der Waals surface area contributed by atoms with Crippen LogP contribution < -0.4 is 5.73 Å². The van der Waals surface area contributed by atoms with Gasteiger partial charge in [-0.15, -0.1) is 0 Å². The van der Waals surface area contributed by atoms with Gasteiger partial charge in [-0.2, -0.15) is 0 Å². The topological polar surface area (TPSA) is 43.8 Å². The van der Waals surface area contributed by atoms with Crippen LogP contribution in [-0.2, 0) is 5.54 Å². The average molecular weight is 219 g/mol. The van der Waals surface area contributed by atoms with Gasteiger partial charge in [-0.1, -0.05) is 6.07 Å². The van der Waals surface area contributed by atoms with Crippen LogP contribution in [0, 0.1) is 5.82 Å². The zero-order chi connectivity index (χ0) is 11.3.